The molecule has 0 saturated heterocycles. The number of nitrogens with zero attached hydrogens (tertiary/aromatic N) is 3. The van der Waals surface area contributed by atoms with Gasteiger partial charge in [-0.25, -0.2) is 0 Å². The number of rotatable bonds is 6. The van der Waals surface area contributed by atoms with Crippen molar-refractivity contribution < 1.29 is 10.0 Å². The van der Waals surface area contributed by atoms with E-state index >= 15 is 0 Å². The van der Waals surface area contributed by atoms with Crippen LogP contribution in [-0.4, -0.2) is 33.4 Å². The molecular weight excluding hydrogens is 256 g/mol. The molecule has 0 saturated carbocycles. The Morgan fingerprint density at radius 1 is 1.50 bits per heavy atom. The summed E-state index contributed by atoms with van der Waals surface area (Å²) < 4.78 is 0. The zero-order valence-electron chi connectivity index (χ0n) is 12.2. The Morgan fingerprint density at radius 3 is 2.65 bits per heavy atom. The smallest absolute Gasteiger partial charge is 0.236 e. The minimum Gasteiger partial charge on any atom is -0.409 e. The van der Waals surface area contributed by atoms with Gasteiger partial charge in [0.05, 0.1) is 12.2 Å². The summed E-state index contributed by atoms with van der Waals surface area (Å²) >= 11 is 0. The highest BCUT2D eigenvalue weighted by atomic mass is 16.4. The molecular formula is C14H22N4O2. The quantitative estimate of drug-likeness (QED) is 0.358. The lowest BCUT2D eigenvalue weighted by molar-refractivity contribution is -0.138. The van der Waals surface area contributed by atoms with Gasteiger partial charge < -0.3 is 15.8 Å². The number of carbonyl (C=O) groups is 1. The van der Waals surface area contributed by atoms with Crippen LogP contribution in [0.3, 0.4) is 0 Å². The summed E-state index contributed by atoms with van der Waals surface area (Å²) in [5.41, 5.74) is 5.49. The van der Waals surface area contributed by atoms with Crippen LogP contribution in [0, 0.1) is 5.41 Å². The lowest BCUT2D eigenvalue weighted by Gasteiger charge is -2.32. The average molecular weight is 278 g/mol. The van der Waals surface area contributed by atoms with Crippen molar-refractivity contribution in [2.45, 2.75) is 33.7 Å². The van der Waals surface area contributed by atoms with Gasteiger partial charge in [0, 0.05) is 12.7 Å². The maximum atomic E-state index is 12.7. The van der Waals surface area contributed by atoms with Gasteiger partial charge in [-0.1, -0.05) is 18.1 Å². The van der Waals surface area contributed by atoms with Crippen LogP contribution in [0.15, 0.2) is 29.6 Å². The first kappa shape index (κ1) is 15.9. The van der Waals surface area contributed by atoms with Crippen LogP contribution in [0.25, 0.3) is 0 Å². The summed E-state index contributed by atoms with van der Waals surface area (Å²) in [6, 6.07) is 5.57. The highest BCUT2D eigenvalue weighted by molar-refractivity contribution is 6.06. The Kier molecular flexibility index (Phi) is 5.49. The summed E-state index contributed by atoms with van der Waals surface area (Å²) in [4.78, 5) is 18.5. The molecule has 0 aromatic carbocycles. The number of oxime groups is 1. The van der Waals surface area contributed by atoms with Gasteiger partial charge in [0.1, 0.15) is 5.41 Å². The third-order valence-electron chi connectivity index (χ3n) is 3.60. The van der Waals surface area contributed by atoms with Gasteiger partial charge in [-0.3, -0.25) is 9.78 Å². The van der Waals surface area contributed by atoms with Gasteiger partial charge in [-0.05, 0) is 32.4 Å². The first-order chi connectivity index (χ1) is 9.49. The van der Waals surface area contributed by atoms with Gasteiger partial charge in [-0.15, -0.1) is 0 Å². The van der Waals surface area contributed by atoms with Crippen molar-refractivity contribution in [1.29, 1.82) is 0 Å². The van der Waals surface area contributed by atoms with Crippen molar-refractivity contribution in [3.8, 4) is 0 Å². The molecule has 1 aromatic heterocycles. The van der Waals surface area contributed by atoms with E-state index in [0.717, 1.165) is 5.69 Å². The third kappa shape index (κ3) is 3.26. The minimum atomic E-state index is -1.00. The monoisotopic (exact) mass is 278 g/mol. The summed E-state index contributed by atoms with van der Waals surface area (Å²) in [6.07, 6.45) is 2.15. The molecule has 0 aliphatic carbocycles. The molecule has 0 bridgehead atoms. The molecule has 6 nitrogen and oxygen atoms in total. The van der Waals surface area contributed by atoms with E-state index in [4.69, 9.17) is 10.9 Å². The number of hydrogen-bond donors (Lipinski definition) is 2. The first-order valence-corrected chi connectivity index (χ1v) is 6.66. The van der Waals surface area contributed by atoms with Crippen molar-refractivity contribution in [3.63, 3.8) is 0 Å². The second-order valence-corrected chi connectivity index (χ2v) is 4.81. The van der Waals surface area contributed by atoms with E-state index in [2.05, 4.69) is 10.1 Å². The average Bonchev–Trinajstić information content (AvgIpc) is 2.51. The molecule has 3 N–H and O–H groups in total. The Balaban J connectivity index is 2.97. The van der Waals surface area contributed by atoms with Crippen LogP contribution >= 0.6 is 0 Å². The molecule has 1 heterocycles. The van der Waals surface area contributed by atoms with Crippen LogP contribution in [0.1, 0.15) is 32.9 Å². The highest BCUT2D eigenvalue weighted by Crippen LogP contribution is 2.25. The molecule has 1 rings (SSSR count). The van der Waals surface area contributed by atoms with Crippen LogP contribution in [0.4, 0.5) is 0 Å². The fourth-order valence-corrected chi connectivity index (χ4v) is 1.92. The second-order valence-electron chi connectivity index (χ2n) is 4.81. The molecule has 6 heteroatoms. The van der Waals surface area contributed by atoms with E-state index in [0.29, 0.717) is 19.5 Å². The number of hydrogen-bond acceptors (Lipinski definition) is 4. The Hall–Kier alpha value is -2.11. The number of amidine groups is 1. The SMILES string of the molecule is CCN(Cc1ccccn1)C(=O)C(C)(CC)/C(N)=N/O. The molecule has 0 fully saturated rings. The van der Waals surface area contributed by atoms with Crippen LogP contribution < -0.4 is 5.73 Å². The molecule has 1 aromatic rings. The number of nitrogens with two attached hydrogens (primary N) is 1. The molecule has 110 valence electrons. The van der Waals surface area contributed by atoms with E-state index in [9.17, 15) is 4.79 Å². The number of aromatic nitrogens is 1. The fraction of sp³-hybridized carbons (Fsp3) is 0.500. The summed E-state index contributed by atoms with van der Waals surface area (Å²) in [7, 11) is 0. The van der Waals surface area contributed by atoms with E-state index in [1.807, 2.05) is 32.0 Å². The van der Waals surface area contributed by atoms with Gasteiger partial charge in [0.25, 0.3) is 0 Å². The lowest BCUT2D eigenvalue weighted by Crippen LogP contribution is -2.49. The third-order valence-corrected chi connectivity index (χ3v) is 3.60. The van der Waals surface area contributed by atoms with E-state index in [-0.39, 0.29) is 11.7 Å². The van der Waals surface area contributed by atoms with Crippen molar-refractivity contribution in [2.24, 2.45) is 16.3 Å². The van der Waals surface area contributed by atoms with Crippen molar-refractivity contribution in [2.75, 3.05) is 6.54 Å². The van der Waals surface area contributed by atoms with Gasteiger partial charge in [0.15, 0.2) is 5.84 Å². The van der Waals surface area contributed by atoms with Crippen LogP contribution in [0.5, 0.6) is 0 Å². The zero-order chi connectivity index (χ0) is 15.2. The maximum Gasteiger partial charge on any atom is 0.236 e. The summed E-state index contributed by atoms with van der Waals surface area (Å²) in [6.45, 7) is 6.35. The predicted molar refractivity (Wildman–Crippen MR) is 77.1 cm³/mol. The predicted octanol–water partition coefficient (Wildman–Crippen LogP) is 1.59. The summed E-state index contributed by atoms with van der Waals surface area (Å²) in [5.74, 6) is -0.229. The van der Waals surface area contributed by atoms with E-state index in [1.54, 1.807) is 18.0 Å². The van der Waals surface area contributed by atoms with Gasteiger partial charge in [0.2, 0.25) is 5.91 Å². The highest BCUT2D eigenvalue weighted by Gasteiger charge is 2.39. The topological polar surface area (TPSA) is 91.8 Å². The summed E-state index contributed by atoms with van der Waals surface area (Å²) in [5, 5.41) is 11.9. The number of carbonyl (C=O) groups excluding carboxylic acids is 1. The molecule has 0 aliphatic heterocycles. The fourth-order valence-electron chi connectivity index (χ4n) is 1.92. The van der Waals surface area contributed by atoms with Crippen molar-refractivity contribution in [3.05, 3.63) is 30.1 Å². The zero-order valence-corrected chi connectivity index (χ0v) is 12.2. The Labute approximate surface area is 119 Å². The molecule has 0 spiro atoms. The van der Waals surface area contributed by atoms with Crippen molar-refractivity contribution in [1.82, 2.24) is 9.88 Å². The Morgan fingerprint density at radius 2 is 2.20 bits per heavy atom. The van der Waals surface area contributed by atoms with Gasteiger partial charge >= 0.3 is 0 Å². The van der Waals surface area contributed by atoms with Crippen LogP contribution in [0.2, 0.25) is 0 Å². The van der Waals surface area contributed by atoms with E-state index in [1.165, 1.54) is 0 Å². The molecule has 0 radical (unpaired) electrons. The largest absolute Gasteiger partial charge is 0.409 e. The molecule has 20 heavy (non-hydrogen) atoms. The Bertz CT molecular complexity index is 475. The molecule has 0 aliphatic rings. The number of amides is 1. The number of pyridine rings is 1. The van der Waals surface area contributed by atoms with Crippen LogP contribution in [-0.2, 0) is 11.3 Å². The standard InChI is InChI=1S/C14H22N4O2/c1-4-14(3,12(15)17-20)13(19)18(5-2)10-11-8-6-7-9-16-11/h6-9,20H,4-5,10H2,1-3H3,(H2,15,17). The molecule has 1 unspecified atom stereocenters. The lowest BCUT2D eigenvalue weighted by atomic mass is 9.84. The van der Waals surface area contributed by atoms with E-state index < -0.39 is 5.41 Å². The molecule has 1 atom stereocenters. The maximum absolute atomic E-state index is 12.7. The van der Waals surface area contributed by atoms with Crippen molar-refractivity contribution >= 4 is 11.7 Å². The molecule has 1 amide bonds. The first-order valence-electron chi connectivity index (χ1n) is 6.66. The second kappa shape index (κ2) is 6.88. The minimum absolute atomic E-state index is 0.0653. The normalized spacial score (nSPS) is 14.7. The van der Waals surface area contributed by atoms with Gasteiger partial charge in [-0.2, -0.15) is 0 Å².